The van der Waals surface area contributed by atoms with Crippen LogP contribution in [0.5, 0.6) is 5.75 Å². The lowest BCUT2D eigenvalue weighted by Crippen LogP contribution is -2.49. The van der Waals surface area contributed by atoms with Gasteiger partial charge in [0.1, 0.15) is 12.3 Å². The van der Waals surface area contributed by atoms with E-state index in [1.54, 1.807) is 6.92 Å². The highest BCUT2D eigenvalue weighted by molar-refractivity contribution is 6.03. The van der Waals surface area contributed by atoms with Gasteiger partial charge in [0.15, 0.2) is 6.10 Å². The zero-order valence-electron chi connectivity index (χ0n) is 14.7. The summed E-state index contributed by atoms with van der Waals surface area (Å²) in [6.07, 6.45) is 1.65. The maximum Gasteiger partial charge on any atom is 0.268 e. The van der Waals surface area contributed by atoms with Gasteiger partial charge >= 0.3 is 0 Å². The molecule has 2 atom stereocenters. The fourth-order valence-electron chi connectivity index (χ4n) is 3.45. The Morgan fingerprint density at radius 3 is 2.58 bits per heavy atom. The van der Waals surface area contributed by atoms with Crippen LogP contribution in [0.1, 0.15) is 31.4 Å². The van der Waals surface area contributed by atoms with E-state index in [-0.39, 0.29) is 24.4 Å². The van der Waals surface area contributed by atoms with Crippen molar-refractivity contribution in [1.82, 2.24) is 5.32 Å². The Hall–Kier alpha value is -2.82. The molecule has 5 heteroatoms. The number of benzene rings is 2. The first-order valence-corrected chi connectivity index (χ1v) is 9.05. The lowest BCUT2D eigenvalue weighted by atomic mass is 10.0. The Kier molecular flexibility index (Phi) is 4.37. The number of nitrogens with one attached hydrogen (secondary N) is 1. The topological polar surface area (TPSA) is 58.6 Å². The normalized spacial score (nSPS) is 20.1. The minimum Gasteiger partial charge on any atom is -0.479 e. The van der Waals surface area contributed by atoms with Gasteiger partial charge in [-0.2, -0.15) is 0 Å². The van der Waals surface area contributed by atoms with Crippen molar-refractivity contribution in [3.63, 3.8) is 0 Å². The molecule has 0 saturated heterocycles. The molecule has 1 fully saturated rings. The van der Waals surface area contributed by atoms with Gasteiger partial charge in [0.05, 0.1) is 11.7 Å². The van der Waals surface area contributed by atoms with Gasteiger partial charge in [0, 0.05) is 0 Å². The van der Waals surface area contributed by atoms with Crippen molar-refractivity contribution < 1.29 is 14.3 Å². The molecule has 0 radical (unpaired) electrons. The van der Waals surface area contributed by atoms with Crippen molar-refractivity contribution in [2.24, 2.45) is 5.92 Å². The Balaban J connectivity index is 1.51. The van der Waals surface area contributed by atoms with E-state index in [1.807, 2.05) is 54.6 Å². The number of carbonyl (C=O) groups excluding carboxylic acids is 2. The number of rotatable bonds is 5. The van der Waals surface area contributed by atoms with Crippen LogP contribution in [0.25, 0.3) is 0 Å². The van der Waals surface area contributed by atoms with E-state index >= 15 is 0 Å². The molecule has 5 nitrogen and oxygen atoms in total. The van der Waals surface area contributed by atoms with Gasteiger partial charge in [-0.25, -0.2) is 0 Å². The summed E-state index contributed by atoms with van der Waals surface area (Å²) in [5, 5.41) is 3.14. The molecule has 2 aromatic rings. The third-order valence-electron chi connectivity index (χ3n) is 4.94. The number of hydrogen-bond donors (Lipinski definition) is 1. The average Bonchev–Trinajstić information content (AvgIpc) is 3.49. The molecule has 1 N–H and O–H groups in total. The van der Waals surface area contributed by atoms with Crippen molar-refractivity contribution in [1.29, 1.82) is 0 Å². The van der Waals surface area contributed by atoms with E-state index in [1.165, 1.54) is 4.90 Å². The van der Waals surface area contributed by atoms with Crippen LogP contribution < -0.4 is 15.0 Å². The van der Waals surface area contributed by atoms with Gasteiger partial charge in [0.2, 0.25) is 5.91 Å². The van der Waals surface area contributed by atoms with Gasteiger partial charge in [-0.1, -0.05) is 42.5 Å². The van der Waals surface area contributed by atoms with Crippen LogP contribution >= 0.6 is 0 Å². The number of carbonyl (C=O) groups is 2. The quantitative estimate of drug-likeness (QED) is 0.902. The SMILES string of the molecule is C[C@H]1Oc2ccccc2N(CC(=O)N[C@@H](c2ccccc2)C2CC2)C1=O. The second-order valence-corrected chi connectivity index (χ2v) is 6.95. The van der Waals surface area contributed by atoms with Crippen LogP contribution in [0.15, 0.2) is 54.6 Å². The minimum atomic E-state index is -0.592. The number of para-hydroxylation sites is 2. The highest BCUT2D eigenvalue weighted by Crippen LogP contribution is 2.41. The number of hydrogen-bond acceptors (Lipinski definition) is 3. The molecule has 2 aromatic carbocycles. The Labute approximate surface area is 153 Å². The Morgan fingerprint density at radius 1 is 1.15 bits per heavy atom. The monoisotopic (exact) mass is 350 g/mol. The third kappa shape index (κ3) is 3.29. The largest absolute Gasteiger partial charge is 0.479 e. The zero-order chi connectivity index (χ0) is 18.1. The van der Waals surface area contributed by atoms with E-state index in [0.717, 1.165) is 18.4 Å². The predicted octanol–water partition coefficient (Wildman–Crippen LogP) is 3.07. The van der Waals surface area contributed by atoms with Crippen molar-refractivity contribution in [2.45, 2.75) is 31.9 Å². The number of fused-ring (bicyclic) bond motifs is 1. The highest BCUT2D eigenvalue weighted by Gasteiger charge is 2.36. The first-order chi connectivity index (χ1) is 12.6. The van der Waals surface area contributed by atoms with E-state index in [0.29, 0.717) is 17.4 Å². The van der Waals surface area contributed by atoms with Crippen molar-refractivity contribution in [2.75, 3.05) is 11.4 Å². The van der Waals surface area contributed by atoms with Crippen LogP contribution in [0.3, 0.4) is 0 Å². The molecule has 4 rings (SSSR count). The lowest BCUT2D eigenvalue weighted by molar-refractivity contribution is -0.128. The molecular formula is C21H22N2O3. The third-order valence-corrected chi connectivity index (χ3v) is 4.94. The van der Waals surface area contributed by atoms with Crippen LogP contribution in [-0.4, -0.2) is 24.5 Å². The smallest absolute Gasteiger partial charge is 0.268 e. The summed E-state index contributed by atoms with van der Waals surface area (Å²) in [7, 11) is 0. The Morgan fingerprint density at radius 2 is 1.85 bits per heavy atom. The summed E-state index contributed by atoms with van der Waals surface area (Å²) < 4.78 is 5.63. The first-order valence-electron chi connectivity index (χ1n) is 9.05. The fraction of sp³-hybridized carbons (Fsp3) is 0.333. The van der Waals surface area contributed by atoms with Crippen molar-refractivity contribution >= 4 is 17.5 Å². The molecular weight excluding hydrogens is 328 g/mol. The number of anilines is 1. The molecule has 1 heterocycles. The van der Waals surface area contributed by atoms with E-state index < -0.39 is 6.10 Å². The summed E-state index contributed by atoms with van der Waals surface area (Å²) in [6.45, 7) is 1.71. The van der Waals surface area contributed by atoms with E-state index in [4.69, 9.17) is 4.74 Å². The van der Waals surface area contributed by atoms with Crippen LogP contribution in [0.4, 0.5) is 5.69 Å². The maximum atomic E-state index is 12.7. The van der Waals surface area contributed by atoms with Gasteiger partial charge < -0.3 is 10.1 Å². The van der Waals surface area contributed by atoms with E-state index in [9.17, 15) is 9.59 Å². The average molecular weight is 350 g/mol. The van der Waals surface area contributed by atoms with Crippen LogP contribution in [0, 0.1) is 5.92 Å². The van der Waals surface area contributed by atoms with Gasteiger partial charge in [-0.05, 0) is 43.4 Å². The molecule has 2 amide bonds. The van der Waals surface area contributed by atoms with Crippen LogP contribution in [0.2, 0.25) is 0 Å². The van der Waals surface area contributed by atoms with Crippen molar-refractivity contribution in [3.05, 3.63) is 60.2 Å². The summed E-state index contributed by atoms with van der Waals surface area (Å²) in [5.74, 6) is 0.770. The summed E-state index contributed by atoms with van der Waals surface area (Å²) in [5.41, 5.74) is 1.76. The molecule has 26 heavy (non-hydrogen) atoms. The number of ether oxygens (including phenoxy) is 1. The number of amides is 2. The summed E-state index contributed by atoms with van der Waals surface area (Å²) >= 11 is 0. The summed E-state index contributed by atoms with van der Waals surface area (Å²) in [4.78, 5) is 26.8. The first kappa shape index (κ1) is 16.6. The molecule has 0 bridgehead atoms. The molecule has 1 saturated carbocycles. The molecule has 1 aliphatic carbocycles. The van der Waals surface area contributed by atoms with Crippen LogP contribution in [-0.2, 0) is 9.59 Å². The minimum absolute atomic E-state index is 0.000397. The van der Waals surface area contributed by atoms with E-state index in [2.05, 4.69) is 5.32 Å². The highest BCUT2D eigenvalue weighted by atomic mass is 16.5. The van der Waals surface area contributed by atoms with Gasteiger partial charge in [0.25, 0.3) is 5.91 Å². The van der Waals surface area contributed by atoms with Gasteiger partial charge in [-0.15, -0.1) is 0 Å². The molecule has 0 aromatic heterocycles. The van der Waals surface area contributed by atoms with Crippen molar-refractivity contribution in [3.8, 4) is 5.75 Å². The molecule has 2 aliphatic rings. The molecule has 0 unspecified atom stereocenters. The predicted molar refractivity (Wildman–Crippen MR) is 98.9 cm³/mol. The molecule has 134 valence electrons. The van der Waals surface area contributed by atoms with Gasteiger partial charge in [-0.3, -0.25) is 14.5 Å². The Bertz CT molecular complexity index is 817. The number of nitrogens with zero attached hydrogens (tertiary/aromatic N) is 1. The molecule has 1 aliphatic heterocycles. The second-order valence-electron chi connectivity index (χ2n) is 6.95. The zero-order valence-corrected chi connectivity index (χ0v) is 14.7. The fourth-order valence-corrected chi connectivity index (χ4v) is 3.45. The molecule has 0 spiro atoms. The summed E-state index contributed by atoms with van der Waals surface area (Å²) in [6, 6.07) is 17.4. The maximum absolute atomic E-state index is 12.7. The lowest BCUT2D eigenvalue weighted by Gasteiger charge is -2.33. The second kappa shape index (κ2) is 6.83. The standard InChI is InChI=1S/C21H22N2O3/c1-14-21(25)23(17-9-5-6-10-18(17)26-14)13-19(24)22-20(16-11-12-16)15-7-3-2-4-8-15/h2-10,14,16,20H,11-13H2,1H3,(H,22,24)/t14-,20+/m1/s1.